The molecule has 0 rings (SSSR count). The Kier molecular flexibility index (Phi) is 4.90. The molecular weight excluding hydrogens is 174 g/mol. The number of hydrogen-bond donors (Lipinski definition) is 3. The summed E-state index contributed by atoms with van der Waals surface area (Å²) in [5, 5.41) is 20.4. The van der Waals surface area contributed by atoms with Crippen LogP contribution in [-0.2, 0) is 9.53 Å². The highest BCUT2D eigenvalue weighted by Crippen LogP contribution is 2.02. The van der Waals surface area contributed by atoms with Crippen molar-refractivity contribution < 1.29 is 19.7 Å². The molecule has 3 N–H and O–H groups in total. The second-order valence-electron chi connectivity index (χ2n) is 3.53. The second kappa shape index (κ2) is 5.16. The van der Waals surface area contributed by atoms with Gasteiger partial charge in [0.1, 0.15) is 6.04 Å². The van der Waals surface area contributed by atoms with E-state index in [0.717, 1.165) is 0 Å². The minimum atomic E-state index is -0.983. The summed E-state index contributed by atoms with van der Waals surface area (Å²) in [6.45, 7) is 3.40. The van der Waals surface area contributed by atoms with Gasteiger partial charge in [-0.3, -0.25) is 10.1 Å². The van der Waals surface area contributed by atoms with E-state index >= 15 is 0 Å². The van der Waals surface area contributed by atoms with Crippen LogP contribution in [-0.4, -0.2) is 48.1 Å². The third-order valence-electron chi connectivity index (χ3n) is 1.59. The van der Waals surface area contributed by atoms with Gasteiger partial charge in [0, 0.05) is 12.6 Å². The molecule has 0 fully saturated rings. The maximum Gasteiger partial charge on any atom is 0.323 e. The molecule has 0 aromatic carbocycles. The molecule has 78 valence electrons. The molecule has 1 unspecified atom stereocenters. The van der Waals surface area contributed by atoms with Gasteiger partial charge in [0.05, 0.1) is 13.2 Å². The SMILES string of the molecule is COCC(NC(C)(C)CO)C(=O)O. The molecule has 0 amide bonds. The first-order chi connectivity index (χ1) is 5.93. The molecule has 0 aromatic rings. The van der Waals surface area contributed by atoms with Gasteiger partial charge in [-0.2, -0.15) is 0 Å². The zero-order chi connectivity index (χ0) is 10.5. The van der Waals surface area contributed by atoms with Crippen LogP contribution in [0.1, 0.15) is 13.8 Å². The van der Waals surface area contributed by atoms with Gasteiger partial charge in [0.25, 0.3) is 0 Å². The Morgan fingerprint density at radius 3 is 2.46 bits per heavy atom. The number of ether oxygens (including phenoxy) is 1. The van der Waals surface area contributed by atoms with Crippen molar-refractivity contribution in [3.8, 4) is 0 Å². The first-order valence-corrected chi connectivity index (χ1v) is 4.03. The highest BCUT2D eigenvalue weighted by atomic mass is 16.5. The quantitative estimate of drug-likeness (QED) is 0.525. The number of carbonyl (C=O) groups is 1. The lowest BCUT2D eigenvalue weighted by Gasteiger charge is -2.27. The lowest BCUT2D eigenvalue weighted by atomic mass is 10.1. The van der Waals surface area contributed by atoms with E-state index in [4.69, 9.17) is 14.9 Å². The minimum absolute atomic E-state index is 0.0821. The van der Waals surface area contributed by atoms with E-state index in [2.05, 4.69) is 5.32 Å². The van der Waals surface area contributed by atoms with Gasteiger partial charge in [0.15, 0.2) is 0 Å². The zero-order valence-corrected chi connectivity index (χ0v) is 8.20. The molecule has 0 heterocycles. The van der Waals surface area contributed by atoms with E-state index in [9.17, 15) is 4.79 Å². The van der Waals surface area contributed by atoms with Gasteiger partial charge < -0.3 is 14.9 Å². The number of methoxy groups -OCH3 is 1. The van der Waals surface area contributed by atoms with Crippen LogP contribution < -0.4 is 5.32 Å². The van der Waals surface area contributed by atoms with E-state index in [1.54, 1.807) is 13.8 Å². The smallest absolute Gasteiger partial charge is 0.323 e. The van der Waals surface area contributed by atoms with Gasteiger partial charge in [-0.1, -0.05) is 0 Å². The molecule has 0 spiro atoms. The molecule has 0 saturated carbocycles. The summed E-state index contributed by atoms with van der Waals surface area (Å²) in [7, 11) is 1.43. The van der Waals surface area contributed by atoms with E-state index < -0.39 is 17.6 Å². The summed E-state index contributed by atoms with van der Waals surface area (Å²) in [4.78, 5) is 10.7. The fourth-order valence-corrected chi connectivity index (χ4v) is 0.859. The van der Waals surface area contributed by atoms with Crippen LogP contribution in [0.5, 0.6) is 0 Å². The van der Waals surface area contributed by atoms with Crippen molar-refractivity contribution >= 4 is 5.97 Å². The van der Waals surface area contributed by atoms with E-state index in [1.165, 1.54) is 7.11 Å². The normalized spacial score (nSPS) is 14.2. The maximum absolute atomic E-state index is 10.7. The molecule has 5 nitrogen and oxygen atoms in total. The number of hydrogen-bond acceptors (Lipinski definition) is 4. The van der Waals surface area contributed by atoms with Gasteiger partial charge >= 0.3 is 5.97 Å². The number of nitrogens with one attached hydrogen (secondary N) is 1. The predicted octanol–water partition coefficient (Wildman–Crippen LogP) is -0.553. The van der Waals surface area contributed by atoms with Crippen molar-refractivity contribution in [3.05, 3.63) is 0 Å². The Balaban J connectivity index is 4.17. The van der Waals surface area contributed by atoms with Crippen LogP contribution in [0.25, 0.3) is 0 Å². The summed E-state index contributed by atoms with van der Waals surface area (Å²) >= 11 is 0. The lowest BCUT2D eigenvalue weighted by Crippen LogP contribution is -2.53. The molecular formula is C8H17NO4. The van der Waals surface area contributed by atoms with Crippen LogP contribution in [0, 0.1) is 0 Å². The lowest BCUT2D eigenvalue weighted by molar-refractivity contribution is -0.141. The fraction of sp³-hybridized carbons (Fsp3) is 0.875. The average molecular weight is 191 g/mol. The monoisotopic (exact) mass is 191 g/mol. The Bertz CT molecular complexity index is 170. The minimum Gasteiger partial charge on any atom is -0.480 e. The van der Waals surface area contributed by atoms with Crippen molar-refractivity contribution in [1.82, 2.24) is 5.32 Å². The van der Waals surface area contributed by atoms with Gasteiger partial charge in [-0.15, -0.1) is 0 Å². The molecule has 0 aliphatic carbocycles. The zero-order valence-electron chi connectivity index (χ0n) is 8.20. The molecule has 0 radical (unpaired) electrons. The average Bonchev–Trinajstić information content (AvgIpc) is 2.03. The standard InChI is InChI=1S/C8H17NO4/c1-8(2,5-10)9-6(4-13-3)7(11)12/h6,9-10H,4-5H2,1-3H3,(H,11,12). The number of rotatable bonds is 6. The van der Waals surface area contributed by atoms with Crippen molar-refractivity contribution in [2.75, 3.05) is 20.3 Å². The number of carboxylic acids is 1. The van der Waals surface area contributed by atoms with Crippen molar-refractivity contribution in [1.29, 1.82) is 0 Å². The van der Waals surface area contributed by atoms with Crippen LogP contribution in [0.2, 0.25) is 0 Å². The first-order valence-electron chi connectivity index (χ1n) is 4.03. The highest BCUT2D eigenvalue weighted by Gasteiger charge is 2.25. The molecule has 5 heteroatoms. The Labute approximate surface area is 77.7 Å². The predicted molar refractivity (Wildman–Crippen MR) is 47.6 cm³/mol. The summed E-state index contributed by atoms with van der Waals surface area (Å²) < 4.78 is 4.73. The topological polar surface area (TPSA) is 78.8 Å². The first kappa shape index (κ1) is 12.3. The van der Waals surface area contributed by atoms with Crippen molar-refractivity contribution in [2.24, 2.45) is 0 Å². The molecule has 13 heavy (non-hydrogen) atoms. The molecule has 0 aliphatic rings. The van der Waals surface area contributed by atoms with E-state index in [-0.39, 0.29) is 13.2 Å². The Morgan fingerprint density at radius 2 is 2.15 bits per heavy atom. The van der Waals surface area contributed by atoms with Crippen molar-refractivity contribution in [3.63, 3.8) is 0 Å². The summed E-state index contributed by atoms with van der Waals surface area (Å²) in [5.74, 6) is -0.983. The van der Waals surface area contributed by atoms with Crippen LogP contribution in [0.15, 0.2) is 0 Å². The summed E-state index contributed by atoms with van der Waals surface area (Å²) in [6, 6.07) is -0.785. The molecule has 0 saturated heterocycles. The number of aliphatic carboxylic acids is 1. The van der Waals surface area contributed by atoms with Gasteiger partial charge in [-0.05, 0) is 13.8 Å². The maximum atomic E-state index is 10.7. The Hall–Kier alpha value is -0.650. The van der Waals surface area contributed by atoms with E-state index in [1.807, 2.05) is 0 Å². The molecule has 0 aliphatic heterocycles. The number of carboxylic acid groups (broad SMARTS) is 1. The highest BCUT2D eigenvalue weighted by molar-refractivity contribution is 5.73. The number of aliphatic hydroxyl groups is 1. The molecule has 0 bridgehead atoms. The summed E-state index contributed by atoms with van der Waals surface area (Å²) in [5.41, 5.74) is -0.610. The number of aliphatic hydroxyl groups excluding tert-OH is 1. The summed E-state index contributed by atoms with van der Waals surface area (Å²) in [6.07, 6.45) is 0. The second-order valence-corrected chi connectivity index (χ2v) is 3.53. The van der Waals surface area contributed by atoms with Gasteiger partial charge in [0.2, 0.25) is 0 Å². The van der Waals surface area contributed by atoms with E-state index in [0.29, 0.717) is 0 Å². The van der Waals surface area contributed by atoms with Gasteiger partial charge in [-0.25, -0.2) is 0 Å². The van der Waals surface area contributed by atoms with Crippen LogP contribution >= 0.6 is 0 Å². The largest absolute Gasteiger partial charge is 0.480 e. The van der Waals surface area contributed by atoms with Crippen LogP contribution in [0.3, 0.4) is 0 Å². The van der Waals surface area contributed by atoms with Crippen molar-refractivity contribution in [2.45, 2.75) is 25.4 Å². The van der Waals surface area contributed by atoms with Crippen LogP contribution in [0.4, 0.5) is 0 Å². The third-order valence-corrected chi connectivity index (χ3v) is 1.59. The Morgan fingerprint density at radius 1 is 1.62 bits per heavy atom. The fourth-order valence-electron chi connectivity index (χ4n) is 0.859. The third kappa shape index (κ3) is 4.82. The molecule has 1 atom stereocenters. The molecule has 0 aromatic heterocycles.